The molecule has 0 spiro atoms. The van der Waals surface area contributed by atoms with Gasteiger partial charge in [0.2, 0.25) is 11.8 Å². The van der Waals surface area contributed by atoms with Crippen molar-refractivity contribution in [3.63, 3.8) is 0 Å². The first-order valence-corrected chi connectivity index (χ1v) is 10.7. The van der Waals surface area contributed by atoms with Crippen LogP contribution in [0, 0.1) is 0 Å². The first-order chi connectivity index (χ1) is 15.9. The lowest BCUT2D eigenvalue weighted by atomic mass is 9.93. The Morgan fingerprint density at radius 3 is 2.36 bits per heavy atom. The highest BCUT2D eigenvalue weighted by molar-refractivity contribution is 5.93. The third-order valence-electron chi connectivity index (χ3n) is 5.33. The number of carbonyl (C=O) groups is 4. The molecule has 0 aliphatic carbocycles. The van der Waals surface area contributed by atoms with E-state index in [1.807, 2.05) is 54.6 Å². The van der Waals surface area contributed by atoms with Crippen LogP contribution in [0.5, 0.6) is 0 Å². The Morgan fingerprint density at radius 2 is 1.70 bits per heavy atom. The lowest BCUT2D eigenvalue weighted by Gasteiger charge is -2.35. The van der Waals surface area contributed by atoms with Gasteiger partial charge >= 0.3 is 12.1 Å². The summed E-state index contributed by atoms with van der Waals surface area (Å²) >= 11 is 0. The minimum atomic E-state index is -1.25. The van der Waals surface area contributed by atoms with E-state index < -0.39 is 42.4 Å². The van der Waals surface area contributed by atoms with Gasteiger partial charge in [0, 0.05) is 6.42 Å². The standard InChI is InChI=1S/C24H27N3O6/c1-2-32-21(28)13-19(22(25)29)26-23(30)20-12-17-10-6-7-11-18(17)14-27(20)24(31)33-15-16-8-4-3-5-9-16/h3-11,19-20H,2,12-15H2,1H3,(H2,25,29)(H,26,30)/t19-,20+/m1/s1. The third-order valence-corrected chi connectivity index (χ3v) is 5.33. The van der Waals surface area contributed by atoms with Crippen LogP contribution in [0.1, 0.15) is 30.0 Å². The van der Waals surface area contributed by atoms with Gasteiger partial charge in [-0.25, -0.2) is 4.79 Å². The Morgan fingerprint density at radius 1 is 1.03 bits per heavy atom. The van der Waals surface area contributed by atoms with Gasteiger partial charge in [-0.05, 0) is 23.6 Å². The smallest absolute Gasteiger partial charge is 0.411 e. The average molecular weight is 453 g/mol. The van der Waals surface area contributed by atoms with Crippen molar-refractivity contribution in [1.82, 2.24) is 10.2 Å². The number of nitrogens with two attached hydrogens (primary N) is 1. The first-order valence-electron chi connectivity index (χ1n) is 10.7. The second-order valence-corrected chi connectivity index (χ2v) is 7.63. The van der Waals surface area contributed by atoms with Crippen LogP contribution in [-0.2, 0) is 43.4 Å². The summed E-state index contributed by atoms with van der Waals surface area (Å²) in [6.07, 6.45) is -0.821. The molecular weight excluding hydrogens is 426 g/mol. The van der Waals surface area contributed by atoms with Gasteiger partial charge in [0.25, 0.3) is 0 Å². The molecule has 9 heteroatoms. The number of rotatable bonds is 8. The number of esters is 1. The minimum Gasteiger partial charge on any atom is -0.466 e. The molecule has 0 bridgehead atoms. The van der Waals surface area contributed by atoms with Gasteiger partial charge in [-0.3, -0.25) is 19.3 Å². The molecule has 0 aromatic heterocycles. The number of hydrogen-bond acceptors (Lipinski definition) is 6. The van der Waals surface area contributed by atoms with Gasteiger partial charge in [-0.15, -0.1) is 0 Å². The zero-order valence-electron chi connectivity index (χ0n) is 18.4. The summed E-state index contributed by atoms with van der Waals surface area (Å²) in [6, 6.07) is 14.5. The maximum atomic E-state index is 13.1. The van der Waals surface area contributed by atoms with Crippen LogP contribution in [0.4, 0.5) is 4.79 Å². The number of primary amides is 1. The molecular formula is C24H27N3O6. The summed E-state index contributed by atoms with van der Waals surface area (Å²) in [4.78, 5) is 51.0. The van der Waals surface area contributed by atoms with Crippen LogP contribution in [-0.4, -0.2) is 47.5 Å². The van der Waals surface area contributed by atoms with Crippen molar-refractivity contribution in [2.45, 2.75) is 45.0 Å². The fourth-order valence-corrected chi connectivity index (χ4v) is 3.63. The van der Waals surface area contributed by atoms with Gasteiger partial charge in [0.1, 0.15) is 18.7 Å². The number of benzene rings is 2. The summed E-state index contributed by atoms with van der Waals surface area (Å²) in [5, 5.41) is 2.50. The lowest BCUT2D eigenvalue weighted by Crippen LogP contribution is -2.56. The van der Waals surface area contributed by atoms with Crippen molar-refractivity contribution in [3.05, 3.63) is 71.3 Å². The molecule has 1 heterocycles. The Kier molecular flexibility index (Phi) is 8.01. The molecule has 3 N–H and O–H groups in total. The molecule has 2 atom stereocenters. The van der Waals surface area contributed by atoms with Crippen LogP contribution >= 0.6 is 0 Å². The molecule has 1 aliphatic rings. The zero-order valence-corrected chi connectivity index (χ0v) is 18.4. The number of hydrogen-bond donors (Lipinski definition) is 2. The molecule has 33 heavy (non-hydrogen) atoms. The second-order valence-electron chi connectivity index (χ2n) is 7.63. The fraction of sp³-hybridized carbons (Fsp3) is 0.333. The van der Waals surface area contributed by atoms with Gasteiger partial charge < -0.3 is 20.5 Å². The number of nitrogens with one attached hydrogen (secondary N) is 1. The van der Waals surface area contributed by atoms with E-state index in [0.29, 0.717) is 0 Å². The monoisotopic (exact) mass is 453 g/mol. The second kappa shape index (κ2) is 11.1. The van der Waals surface area contributed by atoms with Crippen molar-refractivity contribution in [2.24, 2.45) is 5.73 Å². The third kappa shape index (κ3) is 6.31. The number of carbonyl (C=O) groups excluding carboxylic acids is 4. The lowest BCUT2D eigenvalue weighted by molar-refractivity contribution is -0.145. The van der Waals surface area contributed by atoms with Crippen molar-refractivity contribution >= 4 is 23.9 Å². The van der Waals surface area contributed by atoms with Crippen molar-refractivity contribution in [1.29, 1.82) is 0 Å². The van der Waals surface area contributed by atoms with Gasteiger partial charge in [0.15, 0.2) is 0 Å². The largest absolute Gasteiger partial charge is 0.466 e. The van der Waals surface area contributed by atoms with E-state index in [1.54, 1.807) is 6.92 Å². The molecule has 0 saturated carbocycles. The summed E-state index contributed by atoms with van der Waals surface area (Å²) in [7, 11) is 0. The van der Waals surface area contributed by atoms with E-state index in [2.05, 4.69) is 5.32 Å². The fourth-order valence-electron chi connectivity index (χ4n) is 3.63. The highest BCUT2D eigenvalue weighted by atomic mass is 16.6. The topological polar surface area (TPSA) is 128 Å². The number of nitrogens with zero attached hydrogens (tertiary/aromatic N) is 1. The quantitative estimate of drug-likeness (QED) is 0.585. The van der Waals surface area contributed by atoms with E-state index in [0.717, 1.165) is 16.7 Å². The number of ether oxygens (including phenoxy) is 2. The predicted octanol–water partition coefficient (Wildman–Crippen LogP) is 1.67. The van der Waals surface area contributed by atoms with E-state index in [4.69, 9.17) is 15.2 Å². The normalized spacial score (nSPS) is 15.7. The van der Waals surface area contributed by atoms with Gasteiger partial charge in [0.05, 0.1) is 19.6 Å². The van der Waals surface area contributed by atoms with Crippen LogP contribution in [0.2, 0.25) is 0 Å². The van der Waals surface area contributed by atoms with E-state index in [1.165, 1.54) is 4.90 Å². The molecule has 2 aromatic rings. The van der Waals surface area contributed by atoms with Gasteiger partial charge in [-0.2, -0.15) is 0 Å². The molecule has 0 fully saturated rings. The van der Waals surface area contributed by atoms with Crippen LogP contribution < -0.4 is 11.1 Å². The predicted molar refractivity (Wildman–Crippen MR) is 118 cm³/mol. The maximum absolute atomic E-state index is 13.1. The summed E-state index contributed by atoms with van der Waals surface area (Å²) in [6.45, 7) is 1.99. The number of amides is 3. The molecule has 3 rings (SSSR count). The van der Waals surface area contributed by atoms with Crippen LogP contribution in [0.15, 0.2) is 54.6 Å². The Bertz CT molecular complexity index is 1010. The Balaban J connectivity index is 1.76. The molecule has 3 amide bonds. The maximum Gasteiger partial charge on any atom is 0.411 e. The molecule has 9 nitrogen and oxygen atoms in total. The molecule has 1 aliphatic heterocycles. The van der Waals surface area contributed by atoms with Crippen LogP contribution in [0.3, 0.4) is 0 Å². The van der Waals surface area contributed by atoms with Crippen molar-refractivity contribution < 1.29 is 28.7 Å². The van der Waals surface area contributed by atoms with Crippen molar-refractivity contribution in [3.8, 4) is 0 Å². The molecule has 0 unspecified atom stereocenters. The molecule has 0 saturated heterocycles. The highest BCUT2D eigenvalue weighted by Crippen LogP contribution is 2.24. The van der Waals surface area contributed by atoms with E-state index in [-0.39, 0.29) is 26.2 Å². The highest BCUT2D eigenvalue weighted by Gasteiger charge is 2.37. The Hall–Kier alpha value is -3.88. The molecule has 2 aromatic carbocycles. The molecule has 0 radical (unpaired) electrons. The van der Waals surface area contributed by atoms with E-state index in [9.17, 15) is 19.2 Å². The summed E-state index contributed by atoms with van der Waals surface area (Å²) < 4.78 is 10.3. The van der Waals surface area contributed by atoms with Gasteiger partial charge in [-0.1, -0.05) is 54.6 Å². The summed E-state index contributed by atoms with van der Waals surface area (Å²) in [5.41, 5.74) is 8.00. The number of fused-ring (bicyclic) bond motifs is 1. The van der Waals surface area contributed by atoms with Crippen LogP contribution in [0.25, 0.3) is 0 Å². The SMILES string of the molecule is CCOC(=O)C[C@@H](NC(=O)[C@@H]1Cc2ccccc2CN1C(=O)OCc1ccccc1)C(N)=O. The zero-order chi connectivity index (χ0) is 23.8. The minimum absolute atomic E-state index is 0.0545. The van der Waals surface area contributed by atoms with Crippen molar-refractivity contribution in [2.75, 3.05) is 6.61 Å². The first kappa shape index (κ1) is 23.8. The van der Waals surface area contributed by atoms with E-state index >= 15 is 0 Å². The average Bonchev–Trinajstić information content (AvgIpc) is 2.82. The molecule has 174 valence electrons. The summed E-state index contributed by atoms with van der Waals surface area (Å²) in [5.74, 6) is -2.13. The Labute approximate surface area is 191 Å².